The van der Waals surface area contributed by atoms with E-state index < -0.39 is 10.1 Å². The molecule has 0 aromatic heterocycles. The molecular formula is C9H11O3S. The second-order valence-electron chi connectivity index (χ2n) is 3.04. The van der Waals surface area contributed by atoms with Gasteiger partial charge in [0.25, 0.3) is 10.1 Å². The van der Waals surface area contributed by atoms with Crippen LogP contribution in [-0.2, 0) is 14.7 Å². The molecule has 1 rings (SSSR count). The van der Waals surface area contributed by atoms with Crippen LogP contribution in [0.2, 0.25) is 0 Å². The second kappa shape index (κ2) is 3.89. The van der Waals surface area contributed by atoms with Crippen LogP contribution in [-0.4, -0.2) is 14.2 Å². The first-order valence-electron chi connectivity index (χ1n) is 3.97. The molecule has 1 radical (unpaired) electrons. The minimum atomic E-state index is -4.12. The zero-order chi connectivity index (χ0) is 9.90. The van der Waals surface area contributed by atoms with Gasteiger partial charge in [-0.3, -0.25) is 0 Å². The third-order valence-electron chi connectivity index (χ3n) is 1.82. The molecule has 4 heteroatoms. The van der Waals surface area contributed by atoms with E-state index in [1.807, 2.05) is 30.3 Å². The van der Waals surface area contributed by atoms with Gasteiger partial charge in [-0.2, -0.15) is 8.42 Å². The van der Waals surface area contributed by atoms with E-state index in [9.17, 15) is 13.0 Å². The summed E-state index contributed by atoms with van der Waals surface area (Å²) in [6, 6.07) is 9.13. The summed E-state index contributed by atoms with van der Waals surface area (Å²) < 4.78 is 31.4. The molecule has 0 aliphatic rings. The third-order valence-corrected chi connectivity index (χ3v) is 2.73. The highest BCUT2D eigenvalue weighted by atomic mass is 32.2. The molecular weight excluding hydrogens is 188 g/mol. The summed E-state index contributed by atoms with van der Waals surface area (Å²) in [4.78, 5) is 0. The van der Waals surface area contributed by atoms with Gasteiger partial charge < -0.3 is 0 Å². The maximum atomic E-state index is 10.5. The summed E-state index contributed by atoms with van der Waals surface area (Å²) in [7, 11) is -4.12. The molecule has 3 nitrogen and oxygen atoms in total. The van der Waals surface area contributed by atoms with Gasteiger partial charge in [-0.25, -0.2) is 0 Å². The van der Waals surface area contributed by atoms with E-state index in [0.29, 0.717) is 0 Å². The molecule has 0 saturated carbocycles. The van der Waals surface area contributed by atoms with Gasteiger partial charge >= 0.3 is 0 Å². The van der Waals surface area contributed by atoms with Crippen molar-refractivity contribution < 1.29 is 13.0 Å². The fourth-order valence-electron chi connectivity index (χ4n) is 1.18. The van der Waals surface area contributed by atoms with Crippen LogP contribution in [0.4, 0.5) is 0 Å². The van der Waals surface area contributed by atoms with Crippen molar-refractivity contribution in [1.29, 1.82) is 0 Å². The van der Waals surface area contributed by atoms with E-state index in [1.165, 1.54) is 0 Å². The Morgan fingerprint density at radius 2 is 1.77 bits per heavy atom. The van der Waals surface area contributed by atoms with Crippen LogP contribution in [0.15, 0.2) is 30.3 Å². The molecule has 13 heavy (non-hydrogen) atoms. The molecule has 1 unspecified atom stereocenters. The lowest BCUT2D eigenvalue weighted by atomic mass is 10.0. The van der Waals surface area contributed by atoms with Crippen LogP contribution in [0, 0.1) is 0 Å². The summed E-state index contributed by atoms with van der Waals surface area (Å²) >= 11 is 0. The topological polar surface area (TPSA) is 54.0 Å². The SMILES string of the molecule is CC(CS([O])(=O)=O)c1ccccc1. The van der Waals surface area contributed by atoms with Gasteiger partial charge in [-0.15, -0.1) is 0 Å². The Morgan fingerprint density at radius 3 is 2.23 bits per heavy atom. The van der Waals surface area contributed by atoms with Crippen molar-refractivity contribution in [1.82, 2.24) is 0 Å². The number of rotatable bonds is 3. The lowest BCUT2D eigenvalue weighted by molar-refractivity contribution is 0.411. The van der Waals surface area contributed by atoms with Crippen molar-refractivity contribution in [2.45, 2.75) is 12.8 Å². The van der Waals surface area contributed by atoms with Gasteiger partial charge in [0.15, 0.2) is 0 Å². The predicted octanol–water partition coefficient (Wildman–Crippen LogP) is 1.55. The zero-order valence-corrected chi connectivity index (χ0v) is 8.12. The Labute approximate surface area is 78.2 Å². The van der Waals surface area contributed by atoms with E-state index in [-0.39, 0.29) is 11.7 Å². The van der Waals surface area contributed by atoms with Crippen molar-refractivity contribution in [2.75, 3.05) is 5.75 Å². The van der Waals surface area contributed by atoms with Crippen molar-refractivity contribution in [3.05, 3.63) is 35.9 Å². The molecule has 0 bridgehead atoms. The van der Waals surface area contributed by atoms with E-state index in [2.05, 4.69) is 0 Å². The van der Waals surface area contributed by atoms with E-state index in [1.54, 1.807) is 6.92 Å². The van der Waals surface area contributed by atoms with Gasteiger partial charge in [0.2, 0.25) is 0 Å². The highest BCUT2D eigenvalue weighted by molar-refractivity contribution is 7.85. The first kappa shape index (κ1) is 10.2. The normalized spacial score (nSPS) is 14.0. The quantitative estimate of drug-likeness (QED) is 0.741. The fraction of sp³-hybridized carbons (Fsp3) is 0.333. The molecule has 1 aromatic rings. The Balaban J connectivity index is 2.76. The van der Waals surface area contributed by atoms with Gasteiger partial charge in [-0.1, -0.05) is 41.8 Å². The third kappa shape index (κ3) is 3.57. The molecule has 0 fully saturated rings. The molecule has 0 heterocycles. The largest absolute Gasteiger partial charge is 0.295 e. The average Bonchev–Trinajstić information content (AvgIpc) is 2.03. The maximum absolute atomic E-state index is 10.5. The summed E-state index contributed by atoms with van der Waals surface area (Å²) in [5, 5.41) is 0. The maximum Gasteiger partial charge on any atom is 0.295 e. The molecule has 0 saturated heterocycles. The highest BCUT2D eigenvalue weighted by Gasteiger charge is 2.14. The van der Waals surface area contributed by atoms with Crippen molar-refractivity contribution in [3.8, 4) is 0 Å². The lowest BCUT2D eigenvalue weighted by Gasteiger charge is -2.07. The van der Waals surface area contributed by atoms with Crippen molar-refractivity contribution >= 4 is 10.1 Å². The first-order chi connectivity index (χ1) is 5.99. The van der Waals surface area contributed by atoms with Gasteiger partial charge in [0, 0.05) is 0 Å². The number of benzene rings is 1. The van der Waals surface area contributed by atoms with Crippen molar-refractivity contribution in [3.63, 3.8) is 0 Å². The van der Waals surface area contributed by atoms with Gasteiger partial charge in [0.1, 0.15) is 0 Å². The first-order valence-corrected chi connectivity index (χ1v) is 5.55. The molecule has 0 spiro atoms. The molecule has 1 atom stereocenters. The van der Waals surface area contributed by atoms with E-state index in [4.69, 9.17) is 0 Å². The van der Waals surface area contributed by atoms with Crippen LogP contribution >= 0.6 is 0 Å². The molecule has 0 aliphatic heterocycles. The molecule has 71 valence electrons. The molecule has 0 N–H and O–H groups in total. The Bertz CT molecular complexity index is 356. The Kier molecular flexibility index (Phi) is 3.06. The zero-order valence-electron chi connectivity index (χ0n) is 7.30. The Morgan fingerprint density at radius 1 is 1.23 bits per heavy atom. The van der Waals surface area contributed by atoms with Crippen LogP contribution < -0.4 is 0 Å². The monoisotopic (exact) mass is 199 g/mol. The highest BCUT2D eigenvalue weighted by Crippen LogP contribution is 2.15. The smallest absolute Gasteiger partial charge is 0.197 e. The van der Waals surface area contributed by atoms with Crippen LogP contribution in [0.1, 0.15) is 18.4 Å². The summed E-state index contributed by atoms with van der Waals surface area (Å²) in [6.07, 6.45) is 0. The fourth-order valence-corrected chi connectivity index (χ4v) is 1.99. The summed E-state index contributed by atoms with van der Waals surface area (Å²) in [6.45, 7) is 1.73. The number of hydrogen-bond acceptors (Lipinski definition) is 2. The van der Waals surface area contributed by atoms with Crippen molar-refractivity contribution in [2.24, 2.45) is 0 Å². The molecule has 0 amide bonds. The summed E-state index contributed by atoms with van der Waals surface area (Å²) in [5.74, 6) is -0.569. The van der Waals surface area contributed by atoms with Gasteiger partial charge in [-0.05, 0) is 11.5 Å². The van der Waals surface area contributed by atoms with E-state index in [0.717, 1.165) is 5.56 Å². The number of hydrogen-bond donors (Lipinski definition) is 0. The van der Waals surface area contributed by atoms with Crippen LogP contribution in [0.25, 0.3) is 0 Å². The predicted molar refractivity (Wildman–Crippen MR) is 49.3 cm³/mol. The van der Waals surface area contributed by atoms with Gasteiger partial charge in [0.05, 0.1) is 5.75 Å². The lowest BCUT2D eigenvalue weighted by Crippen LogP contribution is -2.09. The minimum absolute atomic E-state index is 0.233. The standard InChI is InChI=1S/C9H11O3S/c1-8(7-13(10,11)12)9-5-3-2-4-6-9/h2-6,8H,7H2,1H3. The van der Waals surface area contributed by atoms with Crippen LogP contribution in [0.5, 0.6) is 0 Å². The minimum Gasteiger partial charge on any atom is -0.197 e. The van der Waals surface area contributed by atoms with E-state index >= 15 is 0 Å². The van der Waals surface area contributed by atoms with Crippen LogP contribution in [0.3, 0.4) is 0 Å². The molecule has 0 aliphatic carbocycles. The average molecular weight is 199 g/mol. The second-order valence-corrected chi connectivity index (χ2v) is 4.48. The summed E-state index contributed by atoms with van der Waals surface area (Å²) in [5.41, 5.74) is 0.877. The Hall–Kier alpha value is -0.870. The molecule has 1 aromatic carbocycles.